The van der Waals surface area contributed by atoms with Gasteiger partial charge < -0.3 is 5.11 Å². The quantitative estimate of drug-likeness (QED) is 0.849. The van der Waals surface area contributed by atoms with Crippen molar-refractivity contribution in [1.29, 1.82) is 0 Å². The van der Waals surface area contributed by atoms with E-state index in [-0.39, 0.29) is 11.8 Å². The van der Waals surface area contributed by atoms with Gasteiger partial charge in [-0.1, -0.05) is 12.1 Å². The Morgan fingerprint density at radius 1 is 1.32 bits per heavy atom. The second-order valence-corrected chi connectivity index (χ2v) is 6.05. The van der Waals surface area contributed by atoms with Crippen LogP contribution in [0.2, 0.25) is 0 Å². The van der Waals surface area contributed by atoms with Crippen LogP contribution in [-0.4, -0.2) is 26.8 Å². The first-order valence-electron chi connectivity index (χ1n) is 6.23. The summed E-state index contributed by atoms with van der Waals surface area (Å²) in [5.41, 5.74) is 1.76. The number of aliphatic carboxylic acids is 1. The normalized spacial score (nSPS) is 16.4. The summed E-state index contributed by atoms with van der Waals surface area (Å²) in [6.45, 7) is 0. The van der Waals surface area contributed by atoms with Crippen LogP contribution < -0.4 is 0 Å². The third-order valence-electron chi connectivity index (χ3n) is 3.44. The SMILES string of the molecule is O=C(O)CC1(CSc2cnc3ccccc3n2)CC1. The first-order chi connectivity index (χ1) is 9.17. The standard InChI is InChI=1S/C14H14N2O2S/c17-13(18)7-14(5-6-14)9-19-12-8-15-10-3-1-2-4-11(10)16-12/h1-4,8H,5-7,9H2,(H,17,18). The number of fused-ring (bicyclic) bond motifs is 1. The Bertz CT molecular complexity index is 626. The first-order valence-corrected chi connectivity index (χ1v) is 7.22. The Hall–Kier alpha value is -1.62. The van der Waals surface area contributed by atoms with Crippen molar-refractivity contribution in [1.82, 2.24) is 9.97 Å². The van der Waals surface area contributed by atoms with Crippen molar-refractivity contribution < 1.29 is 9.90 Å². The molecule has 0 radical (unpaired) electrons. The molecule has 98 valence electrons. The Balaban J connectivity index is 1.70. The van der Waals surface area contributed by atoms with Crippen LogP contribution in [0.15, 0.2) is 35.5 Å². The third kappa shape index (κ3) is 2.87. The van der Waals surface area contributed by atoms with Gasteiger partial charge in [-0.25, -0.2) is 4.98 Å². The molecule has 0 bridgehead atoms. The van der Waals surface area contributed by atoms with Gasteiger partial charge >= 0.3 is 5.97 Å². The van der Waals surface area contributed by atoms with Gasteiger partial charge in [-0.15, -0.1) is 11.8 Å². The predicted molar refractivity (Wildman–Crippen MR) is 74.2 cm³/mol. The van der Waals surface area contributed by atoms with E-state index in [0.717, 1.165) is 34.7 Å². The fraction of sp³-hybridized carbons (Fsp3) is 0.357. The lowest BCUT2D eigenvalue weighted by Gasteiger charge is -2.11. The molecule has 0 spiro atoms. The van der Waals surface area contributed by atoms with E-state index in [2.05, 4.69) is 9.97 Å². The number of benzene rings is 1. The Labute approximate surface area is 115 Å². The van der Waals surface area contributed by atoms with Gasteiger partial charge in [0.1, 0.15) is 5.03 Å². The number of carboxylic acids is 1. The van der Waals surface area contributed by atoms with Gasteiger partial charge in [-0.3, -0.25) is 9.78 Å². The van der Waals surface area contributed by atoms with E-state index >= 15 is 0 Å². The minimum absolute atomic E-state index is 0.0101. The van der Waals surface area contributed by atoms with Gasteiger partial charge in [0, 0.05) is 5.75 Å². The second kappa shape index (κ2) is 4.81. The molecule has 0 saturated heterocycles. The van der Waals surface area contributed by atoms with Crippen LogP contribution in [0, 0.1) is 5.41 Å². The summed E-state index contributed by atoms with van der Waals surface area (Å²) in [6.07, 6.45) is 4.05. The minimum atomic E-state index is -0.706. The predicted octanol–water partition coefficient (Wildman–Crippen LogP) is 2.98. The molecule has 3 rings (SSSR count). The van der Waals surface area contributed by atoms with Crippen LogP contribution in [-0.2, 0) is 4.79 Å². The minimum Gasteiger partial charge on any atom is -0.481 e. The smallest absolute Gasteiger partial charge is 0.303 e. The average molecular weight is 274 g/mol. The largest absolute Gasteiger partial charge is 0.481 e. The number of hydrogen-bond acceptors (Lipinski definition) is 4. The van der Waals surface area contributed by atoms with Gasteiger partial charge in [0.05, 0.1) is 23.7 Å². The van der Waals surface area contributed by atoms with Gasteiger partial charge in [0.2, 0.25) is 0 Å². The zero-order valence-electron chi connectivity index (χ0n) is 10.4. The van der Waals surface area contributed by atoms with Crippen LogP contribution >= 0.6 is 11.8 Å². The summed E-state index contributed by atoms with van der Waals surface area (Å²) in [7, 11) is 0. The number of hydrogen-bond donors (Lipinski definition) is 1. The van der Waals surface area contributed by atoms with Crippen molar-refractivity contribution in [2.45, 2.75) is 24.3 Å². The van der Waals surface area contributed by atoms with E-state index in [4.69, 9.17) is 5.11 Å². The summed E-state index contributed by atoms with van der Waals surface area (Å²) in [5.74, 6) is 0.106. The molecule has 1 aromatic heterocycles. The molecule has 0 aliphatic heterocycles. The summed E-state index contributed by atoms with van der Waals surface area (Å²) in [6, 6.07) is 7.76. The van der Waals surface area contributed by atoms with Crippen LogP contribution in [0.5, 0.6) is 0 Å². The van der Waals surface area contributed by atoms with Crippen molar-refractivity contribution in [2.24, 2.45) is 5.41 Å². The molecule has 19 heavy (non-hydrogen) atoms. The zero-order chi connectivity index (χ0) is 13.3. The lowest BCUT2D eigenvalue weighted by molar-refractivity contribution is -0.138. The highest BCUT2D eigenvalue weighted by Crippen LogP contribution is 2.51. The van der Waals surface area contributed by atoms with Gasteiger partial charge in [-0.05, 0) is 30.4 Å². The molecule has 1 N–H and O–H groups in total. The average Bonchev–Trinajstić information content (AvgIpc) is 3.15. The highest BCUT2D eigenvalue weighted by Gasteiger charge is 2.44. The summed E-state index contributed by atoms with van der Waals surface area (Å²) in [5, 5.41) is 9.76. The molecular formula is C14H14N2O2S. The molecule has 0 unspecified atom stereocenters. The molecular weight excluding hydrogens is 260 g/mol. The molecule has 5 heteroatoms. The molecule has 1 fully saturated rings. The number of aromatic nitrogens is 2. The van der Waals surface area contributed by atoms with Crippen LogP contribution in [0.1, 0.15) is 19.3 Å². The maximum atomic E-state index is 10.8. The van der Waals surface area contributed by atoms with Crippen LogP contribution in [0.25, 0.3) is 11.0 Å². The highest BCUT2D eigenvalue weighted by molar-refractivity contribution is 7.99. The van der Waals surface area contributed by atoms with Crippen LogP contribution in [0.3, 0.4) is 0 Å². The summed E-state index contributed by atoms with van der Waals surface area (Å²) in [4.78, 5) is 19.7. The number of carbonyl (C=O) groups is 1. The fourth-order valence-electron chi connectivity index (χ4n) is 2.11. The number of para-hydroxylation sites is 2. The van der Waals surface area contributed by atoms with E-state index in [9.17, 15) is 4.79 Å². The monoisotopic (exact) mass is 274 g/mol. The van der Waals surface area contributed by atoms with Crippen molar-refractivity contribution in [3.8, 4) is 0 Å². The van der Waals surface area contributed by atoms with E-state index in [0.29, 0.717) is 0 Å². The van der Waals surface area contributed by atoms with Crippen molar-refractivity contribution >= 4 is 28.8 Å². The molecule has 1 aliphatic carbocycles. The number of rotatable bonds is 5. The number of carboxylic acid groups (broad SMARTS) is 1. The second-order valence-electron chi connectivity index (χ2n) is 5.06. The molecule has 0 amide bonds. The van der Waals surface area contributed by atoms with E-state index < -0.39 is 5.97 Å². The molecule has 1 aromatic carbocycles. The molecule has 2 aromatic rings. The van der Waals surface area contributed by atoms with Crippen molar-refractivity contribution in [3.63, 3.8) is 0 Å². The van der Waals surface area contributed by atoms with E-state index in [1.165, 1.54) is 0 Å². The van der Waals surface area contributed by atoms with Crippen molar-refractivity contribution in [3.05, 3.63) is 30.5 Å². The van der Waals surface area contributed by atoms with Crippen LogP contribution in [0.4, 0.5) is 0 Å². The lowest BCUT2D eigenvalue weighted by Crippen LogP contribution is -2.11. The lowest BCUT2D eigenvalue weighted by atomic mass is 10.1. The molecule has 1 saturated carbocycles. The summed E-state index contributed by atoms with van der Waals surface area (Å²) < 4.78 is 0. The molecule has 0 atom stereocenters. The highest BCUT2D eigenvalue weighted by atomic mass is 32.2. The van der Waals surface area contributed by atoms with Gasteiger partial charge in [0.25, 0.3) is 0 Å². The van der Waals surface area contributed by atoms with E-state index in [1.807, 2.05) is 24.3 Å². The number of thioether (sulfide) groups is 1. The fourth-order valence-corrected chi connectivity index (χ4v) is 3.24. The Morgan fingerprint density at radius 3 is 2.74 bits per heavy atom. The molecule has 1 aliphatic rings. The summed E-state index contributed by atoms with van der Waals surface area (Å²) >= 11 is 1.61. The Morgan fingerprint density at radius 2 is 2.05 bits per heavy atom. The topological polar surface area (TPSA) is 63.1 Å². The molecule has 1 heterocycles. The number of nitrogens with zero attached hydrogens (tertiary/aromatic N) is 2. The third-order valence-corrected chi connectivity index (χ3v) is 4.69. The maximum Gasteiger partial charge on any atom is 0.303 e. The van der Waals surface area contributed by atoms with Gasteiger partial charge in [0.15, 0.2) is 0 Å². The first kappa shape index (κ1) is 12.4. The zero-order valence-corrected chi connectivity index (χ0v) is 11.2. The van der Waals surface area contributed by atoms with Crippen molar-refractivity contribution in [2.75, 3.05) is 5.75 Å². The maximum absolute atomic E-state index is 10.8. The Kier molecular flexibility index (Phi) is 3.14. The van der Waals surface area contributed by atoms with Gasteiger partial charge in [-0.2, -0.15) is 0 Å². The molecule has 4 nitrogen and oxygen atoms in total. The van der Waals surface area contributed by atoms with E-state index in [1.54, 1.807) is 18.0 Å².